The maximum absolute atomic E-state index is 11.3. The zero-order chi connectivity index (χ0) is 10.7. The molecule has 1 heterocycles. The molecule has 0 spiro atoms. The second kappa shape index (κ2) is 4.06. The van der Waals surface area contributed by atoms with Crippen molar-refractivity contribution in [2.75, 3.05) is 7.11 Å². The number of hydrogen-bond acceptors (Lipinski definition) is 5. The number of Topliss-reactive ketones (excluding diaryl/α,β-unsaturated/α-hetero) is 1. The van der Waals surface area contributed by atoms with Crippen LogP contribution in [0, 0.1) is 0 Å². The highest BCUT2D eigenvalue weighted by molar-refractivity contribution is 5.98. The Bertz CT molecular complexity index is 353. The molecule has 1 aromatic rings. The zero-order valence-electron chi connectivity index (χ0n) is 7.94. The molecule has 5 nitrogen and oxygen atoms in total. The van der Waals surface area contributed by atoms with Crippen LogP contribution in [0.25, 0.3) is 0 Å². The van der Waals surface area contributed by atoms with E-state index in [1.165, 1.54) is 19.2 Å². The number of ether oxygens (including phenoxy) is 1. The number of methoxy groups -OCH3 is 1. The first-order valence-corrected chi connectivity index (χ1v) is 4.04. The molecule has 0 aromatic carbocycles. The highest BCUT2D eigenvalue weighted by Crippen LogP contribution is 2.10. The Balaban J connectivity index is 2.88. The maximum atomic E-state index is 11.3. The molecule has 2 N–H and O–H groups in total. The first-order chi connectivity index (χ1) is 6.56. The van der Waals surface area contributed by atoms with Crippen molar-refractivity contribution in [3.63, 3.8) is 0 Å². The van der Waals surface area contributed by atoms with Gasteiger partial charge >= 0.3 is 5.97 Å². The van der Waals surface area contributed by atoms with Gasteiger partial charge in [-0.1, -0.05) is 0 Å². The summed E-state index contributed by atoms with van der Waals surface area (Å²) in [6.07, 6.45) is 0. The zero-order valence-corrected chi connectivity index (χ0v) is 7.94. The van der Waals surface area contributed by atoms with Gasteiger partial charge in [0.1, 0.15) is 0 Å². The van der Waals surface area contributed by atoms with Gasteiger partial charge in [0.15, 0.2) is 5.76 Å². The van der Waals surface area contributed by atoms with E-state index in [4.69, 9.17) is 10.2 Å². The van der Waals surface area contributed by atoms with E-state index in [-0.39, 0.29) is 17.3 Å². The monoisotopic (exact) mass is 197 g/mol. The molecule has 1 aromatic heterocycles. The molecule has 1 atom stereocenters. The molecular formula is C9H11NO4. The Kier molecular flexibility index (Phi) is 3.03. The van der Waals surface area contributed by atoms with Gasteiger partial charge in [0.2, 0.25) is 11.5 Å². The van der Waals surface area contributed by atoms with Crippen LogP contribution in [0.1, 0.15) is 28.0 Å². The normalized spacial score (nSPS) is 12.2. The summed E-state index contributed by atoms with van der Waals surface area (Å²) in [7, 11) is 1.23. The number of carbonyl (C=O) groups excluding carboxylic acids is 2. The Morgan fingerprint density at radius 2 is 2.00 bits per heavy atom. The van der Waals surface area contributed by atoms with Crippen molar-refractivity contribution in [3.8, 4) is 0 Å². The number of nitrogens with two attached hydrogens (primary N) is 1. The molecular weight excluding hydrogens is 186 g/mol. The molecule has 0 radical (unpaired) electrons. The molecule has 0 bridgehead atoms. The van der Waals surface area contributed by atoms with E-state index in [0.29, 0.717) is 0 Å². The molecule has 5 heteroatoms. The number of furan rings is 1. The summed E-state index contributed by atoms with van der Waals surface area (Å²) < 4.78 is 9.37. The van der Waals surface area contributed by atoms with Gasteiger partial charge in [-0.2, -0.15) is 0 Å². The minimum absolute atomic E-state index is 0.00324. The SMILES string of the molecule is COC(=O)c1ccc(C(=O)C(C)N)o1. The van der Waals surface area contributed by atoms with E-state index in [0.717, 1.165) is 0 Å². The molecule has 0 saturated carbocycles. The largest absolute Gasteiger partial charge is 0.463 e. The van der Waals surface area contributed by atoms with Crippen LogP contribution in [0.3, 0.4) is 0 Å². The maximum Gasteiger partial charge on any atom is 0.373 e. The lowest BCUT2D eigenvalue weighted by Crippen LogP contribution is -2.26. The highest BCUT2D eigenvalue weighted by Gasteiger charge is 2.18. The predicted molar refractivity (Wildman–Crippen MR) is 48.0 cm³/mol. The average molecular weight is 197 g/mol. The Hall–Kier alpha value is -1.62. The van der Waals surface area contributed by atoms with Gasteiger partial charge in [-0.3, -0.25) is 4.79 Å². The summed E-state index contributed by atoms with van der Waals surface area (Å²) in [6, 6.07) is 2.13. The van der Waals surface area contributed by atoms with Crippen molar-refractivity contribution < 1.29 is 18.7 Å². The van der Waals surface area contributed by atoms with Crippen molar-refractivity contribution in [3.05, 3.63) is 23.7 Å². The van der Waals surface area contributed by atoms with Crippen LogP contribution < -0.4 is 5.73 Å². The number of ketones is 1. The summed E-state index contributed by atoms with van der Waals surface area (Å²) in [5.74, 6) is -0.897. The Morgan fingerprint density at radius 1 is 1.43 bits per heavy atom. The fourth-order valence-corrected chi connectivity index (χ4v) is 0.905. The number of rotatable bonds is 3. The summed E-state index contributed by atoms with van der Waals surface area (Å²) in [6.45, 7) is 1.54. The molecule has 0 aliphatic carbocycles. The third kappa shape index (κ3) is 2.00. The first kappa shape index (κ1) is 10.5. The molecule has 0 aliphatic heterocycles. The van der Waals surface area contributed by atoms with Crippen LogP contribution in [0.15, 0.2) is 16.5 Å². The lowest BCUT2D eigenvalue weighted by atomic mass is 10.2. The summed E-state index contributed by atoms with van der Waals surface area (Å²) in [5.41, 5.74) is 5.36. The summed E-state index contributed by atoms with van der Waals surface area (Å²) >= 11 is 0. The fraction of sp³-hybridized carbons (Fsp3) is 0.333. The van der Waals surface area contributed by atoms with Crippen LogP contribution >= 0.6 is 0 Å². The Labute approximate surface area is 80.8 Å². The molecule has 0 fully saturated rings. The second-order valence-electron chi connectivity index (χ2n) is 2.81. The fourth-order valence-electron chi connectivity index (χ4n) is 0.905. The number of hydrogen-bond donors (Lipinski definition) is 1. The van der Waals surface area contributed by atoms with Gasteiger partial charge in [0.05, 0.1) is 13.2 Å². The standard InChI is InChI=1S/C9H11NO4/c1-5(10)8(11)6-3-4-7(14-6)9(12)13-2/h3-5H,10H2,1-2H3. The van der Waals surface area contributed by atoms with Crippen molar-refractivity contribution in [2.45, 2.75) is 13.0 Å². The molecule has 1 unspecified atom stereocenters. The van der Waals surface area contributed by atoms with Gasteiger partial charge < -0.3 is 14.9 Å². The minimum Gasteiger partial charge on any atom is -0.463 e. The third-order valence-electron chi connectivity index (χ3n) is 1.65. The van der Waals surface area contributed by atoms with Gasteiger partial charge in [0.25, 0.3) is 0 Å². The van der Waals surface area contributed by atoms with Crippen molar-refractivity contribution in [1.29, 1.82) is 0 Å². The van der Waals surface area contributed by atoms with Crippen LogP contribution in [0.2, 0.25) is 0 Å². The van der Waals surface area contributed by atoms with Crippen LogP contribution in [0.5, 0.6) is 0 Å². The van der Waals surface area contributed by atoms with E-state index in [1.54, 1.807) is 6.92 Å². The molecule has 14 heavy (non-hydrogen) atoms. The van der Waals surface area contributed by atoms with E-state index < -0.39 is 12.0 Å². The van der Waals surface area contributed by atoms with Crippen molar-refractivity contribution in [2.24, 2.45) is 5.73 Å². The van der Waals surface area contributed by atoms with Crippen LogP contribution in [-0.4, -0.2) is 24.9 Å². The lowest BCUT2D eigenvalue weighted by molar-refractivity contribution is 0.0563. The highest BCUT2D eigenvalue weighted by atomic mass is 16.5. The first-order valence-electron chi connectivity index (χ1n) is 4.04. The summed E-state index contributed by atoms with van der Waals surface area (Å²) in [5, 5.41) is 0. The molecule has 1 rings (SSSR count). The smallest absolute Gasteiger partial charge is 0.373 e. The van der Waals surface area contributed by atoms with Gasteiger partial charge in [0, 0.05) is 0 Å². The Morgan fingerprint density at radius 3 is 2.50 bits per heavy atom. The van der Waals surface area contributed by atoms with E-state index in [9.17, 15) is 9.59 Å². The van der Waals surface area contributed by atoms with Crippen LogP contribution in [-0.2, 0) is 4.74 Å². The van der Waals surface area contributed by atoms with Gasteiger partial charge in [-0.15, -0.1) is 0 Å². The van der Waals surface area contributed by atoms with E-state index in [2.05, 4.69) is 4.74 Å². The molecule has 76 valence electrons. The number of esters is 1. The topological polar surface area (TPSA) is 82.5 Å². The summed E-state index contributed by atoms with van der Waals surface area (Å²) in [4.78, 5) is 22.3. The van der Waals surface area contributed by atoms with E-state index >= 15 is 0 Å². The molecule has 0 aliphatic rings. The average Bonchev–Trinajstić information content (AvgIpc) is 2.64. The predicted octanol–water partition coefficient (Wildman–Crippen LogP) is 0.596. The van der Waals surface area contributed by atoms with E-state index in [1.807, 2.05) is 0 Å². The lowest BCUT2D eigenvalue weighted by Gasteiger charge is -1.99. The van der Waals surface area contributed by atoms with Crippen LogP contribution in [0.4, 0.5) is 0 Å². The third-order valence-corrected chi connectivity index (χ3v) is 1.65. The van der Waals surface area contributed by atoms with Crippen molar-refractivity contribution in [1.82, 2.24) is 0 Å². The molecule has 0 amide bonds. The van der Waals surface area contributed by atoms with Crippen molar-refractivity contribution >= 4 is 11.8 Å². The van der Waals surface area contributed by atoms with Gasteiger partial charge in [-0.05, 0) is 19.1 Å². The quantitative estimate of drug-likeness (QED) is 0.566. The van der Waals surface area contributed by atoms with Gasteiger partial charge in [-0.25, -0.2) is 4.79 Å². The minimum atomic E-state index is -0.647. The number of carbonyl (C=O) groups is 2. The second-order valence-corrected chi connectivity index (χ2v) is 2.81. The molecule has 0 saturated heterocycles.